The summed E-state index contributed by atoms with van der Waals surface area (Å²) in [6.07, 6.45) is 0. The molecule has 11 rings (SSSR count). The number of hydrogen-bond donors (Lipinski definition) is 1. The third-order valence-electron chi connectivity index (χ3n) is 11.9. The summed E-state index contributed by atoms with van der Waals surface area (Å²) in [5.41, 5.74) is 18.9. The Kier molecular flexibility index (Phi) is 8.97. The number of hydrogen-bond acceptors (Lipinski definition) is 2. The molecule has 1 N–H and O–H groups in total. The summed E-state index contributed by atoms with van der Waals surface area (Å²) in [4.78, 5) is 2.32. The van der Waals surface area contributed by atoms with Crippen LogP contribution in [0.3, 0.4) is 0 Å². The molecular weight excluding hydrogens is 840 g/mol. The van der Waals surface area contributed by atoms with Crippen LogP contribution in [0.15, 0.2) is 218 Å². The van der Waals surface area contributed by atoms with Crippen LogP contribution in [-0.4, -0.2) is 3.72 Å². The predicted octanol–water partition coefficient (Wildman–Crippen LogP) is 16.5. The standard InChI is InChI=1S/C57H37IN2/c58-57(59)49-27-13-10-24-44(49)40-20-14-23-43(36-40)60(41-21-8-3-9-22-41)42-32-30-37(31-33-42)45-34-35-51-54-46(45)28-15-29-50(54)55-52(38-16-4-1-5-17-38)47-25-11-12-26-48(47)53(56(51)55)39-18-6-2-7-19-39/h1-36,59H. The molecule has 0 heterocycles. The second kappa shape index (κ2) is 14.9. The summed E-state index contributed by atoms with van der Waals surface area (Å²) in [7, 11) is 0. The van der Waals surface area contributed by atoms with Crippen molar-refractivity contribution in [2.75, 3.05) is 4.90 Å². The molecule has 0 aromatic heterocycles. The van der Waals surface area contributed by atoms with Gasteiger partial charge in [-0.25, -0.2) is 0 Å². The molecule has 0 saturated carbocycles. The average molecular weight is 877 g/mol. The lowest BCUT2D eigenvalue weighted by Crippen LogP contribution is -2.10. The lowest BCUT2D eigenvalue weighted by molar-refractivity contribution is 1.28. The van der Waals surface area contributed by atoms with E-state index in [-0.39, 0.29) is 0 Å². The molecule has 1 aliphatic carbocycles. The number of benzene rings is 10. The van der Waals surface area contributed by atoms with Crippen molar-refractivity contribution in [3.8, 4) is 66.8 Å². The van der Waals surface area contributed by atoms with Gasteiger partial charge in [0.05, 0.1) is 3.72 Å². The SMILES string of the molecule is N=C(I)c1ccccc1-c1cccc(N(c2ccccc2)c2ccc(-c3ccc4c5c(cccc35)-c3c-4c(-c4ccccc4)c4ccccc4c3-c3ccccc3)cc2)c1. The molecule has 0 aliphatic heterocycles. The fourth-order valence-electron chi connectivity index (χ4n) is 9.41. The van der Waals surface area contributed by atoms with E-state index >= 15 is 0 Å². The van der Waals surface area contributed by atoms with E-state index < -0.39 is 0 Å². The van der Waals surface area contributed by atoms with E-state index in [0.29, 0.717) is 3.72 Å². The van der Waals surface area contributed by atoms with Gasteiger partial charge in [0, 0.05) is 22.6 Å². The van der Waals surface area contributed by atoms with Crippen molar-refractivity contribution >= 4 is 64.9 Å². The van der Waals surface area contributed by atoms with E-state index in [1.165, 1.54) is 77.2 Å². The molecule has 3 heteroatoms. The monoisotopic (exact) mass is 876 g/mol. The van der Waals surface area contributed by atoms with Crippen molar-refractivity contribution in [2.24, 2.45) is 0 Å². The Morgan fingerprint density at radius 1 is 0.333 bits per heavy atom. The Balaban J connectivity index is 1.07. The van der Waals surface area contributed by atoms with E-state index in [4.69, 9.17) is 5.41 Å². The molecule has 0 radical (unpaired) electrons. The Bertz CT molecular complexity index is 3170. The largest absolute Gasteiger partial charge is 0.310 e. The van der Waals surface area contributed by atoms with Crippen LogP contribution < -0.4 is 4.90 Å². The number of halogens is 1. The van der Waals surface area contributed by atoms with Gasteiger partial charge in [-0.2, -0.15) is 0 Å². The molecule has 0 unspecified atom stereocenters. The van der Waals surface area contributed by atoms with Gasteiger partial charge in [0.25, 0.3) is 0 Å². The number of nitrogens with one attached hydrogen (secondary N) is 1. The highest BCUT2D eigenvalue weighted by Gasteiger charge is 2.31. The topological polar surface area (TPSA) is 27.1 Å². The molecule has 1 aliphatic rings. The van der Waals surface area contributed by atoms with Crippen LogP contribution in [0.2, 0.25) is 0 Å². The van der Waals surface area contributed by atoms with Crippen LogP contribution in [0.4, 0.5) is 17.1 Å². The first-order valence-corrected chi connectivity index (χ1v) is 21.4. The summed E-state index contributed by atoms with van der Waals surface area (Å²) in [6.45, 7) is 0. The number of anilines is 3. The molecule has 60 heavy (non-hydrogen) atoms. The van der Waals surface area contributed by atoms with Crippen molar-refractivity contribution < 1.29 is 0 Å². The van der Waals surface area contributed by atoms with E-state index in [2.05, 4.69) is 228 Å². The van der Waals surface area contributed by atoms with Gasteiger partial charge in [-0.3, -0.25) is 5.41 Å². The summed E-state index contributed by atoms with van der Waals surface area (Å²) < 4.78 is 0.526. The van der Waals surface area contributed by atoms with Crippen molar-refractivity contribution in [1.82, 2.24) is 0 Å². The molecule has 282 valence electrons. The normalized spacial score (nSPS) is 11.5. The number of rotatable bonds is 8. The first-order valence-electron chi connectivity index (χ1n) is 20.3. The fourth-order valence-corrected chi connectivity index (χ4v) is 9.89. The number of fused-ring (bicyclic) bond motifs is 4. The lowest BCUT2D eigenvalue weighted by Gasteiger charge is -2.26. The van der Waals surface area contributed by atoms with E-state index in [0.717, 1.165) is 33.8 Å². The first-order chi connectivity index (χ1) is 29.6. The molecule has 0 amide bonds. The lowest BCUT2D eigenvalue weighted by atomic mass is 9.82. The third-order valence-corrected chi connectivity index (χ3v) is 12.5. The highest BCUT2D eigenvalue weighted by atomic mass is 127. The van der Waals surface area contributed by atoms with Crippen molar-refractivity contribution in [1.29, 1.82) is 5.41 Å². The van der Waals surface area contributed by atoms with Gasteiger partial charge in [-0.15, -0.1) is 0 Å². The molecule has 0 atom stereocenters. The minimum absolute atomic E-state index is 0.526. The zero-order chi connectivity index (χ0) is 40.2. The average Bonchev–Trinajstić information content (AvgIpc) is 3.64. The smallest absolute Gasteiger partial charge is 0.0998 e. The number of nitrogens with zero attached hydrogens (tertiary/aromatic N) is 1. The predicted molar refractivity (Wildman–Crippen MR) is 263 cm³/mol. The summed E-state index contributed by atoms with van der Waals surface area (Å²) in [6, 6.07) is 78.8. The van der Waals surface area contributed by atoms with Crippen molar-refractivity contribution in [3.05, 3.63) is 224 Å². The van der Waals surface area contributed by atoms with Crippen LogP contribution in [-0.2, 0) is 0 Å². The Morgan fingerprint density at radius 3 is 1.45 bits per heavy atom. The van der Waals surface area contributed by atoms with Crippen LogP contribution in [0.25, 0.3) is 88.3 Å². The Hall–Kier alpha value is -7.08. The highest BCUT2D eigenvalue weighted by Crippen LogP contribution is 2.58. The molecule has 0 fully saturated rings. The van der Waals surface area contributed by atoms with Gasteiger partial charge in [-0.05, 0) is 147 Å². The van der Waals surface area contributed by atoms with Crippen molar-refractivity contribution in [3.63, 3.8) is 0 Å². The summed E-state index contributed by atoms with van der Waals surface area (Å²) >= 11 is 2.10. The molecule has 0 bridgehead atoms. The van der Waals surface area contributed by atoms with Gasteiger partial charge in [0.15, 0.2) is 0 Å². The van der Waals surface area contributed by atoms with E-state index in [1.807, 2.05) is 18.2 Å². The quantitative estimate of drug-likeness (QED) is 0.119. The molecule has 0 spiro atoms. The maximum Gasteiger partial charge on any atom is 0.0998 e. The van der Waals surface area contributed by atoms with Gasteiger partial charge in [0.1, 0.15) is 0 Å². The van der Waals surface area contributed by atoms with E-state index in [1.54, 1.807) is 0 Å². The fraction of sp³-hybridized carbons (Fsp3) is 0. The van der Waals surface area contributed by atoms with Gasteiger partial charge in [0.2, 0.25) is 0 Å². The van der Waals surface area contributed by atoms with Crippen LogP contribution >= 0.6 is 22.6 Å². The zero-order valence-electron chi connectivity index (χ0n) is 32.6. The van der Waals surface area contributed by atoms with Crippen LogP contribution in [0.5, 0.6) is 0 Å². The maximum atomic E-state index is 8.43. The summed E-state index contributed by atoms with van der Waals surface area (Å²) in [5, 5.41) is 13.5. The van der Waals surface area contributed by atoms with Gasteiger partial charge >= 0.3 is 0 Å². The minimum atomic E-state index is 0.526. The molecule has 10 aromatic carbocycles. The minimum Gasteiger partial charge on any atom is -0.310 e. The van der Waals surface area contributed by atoms with Gasteiger partial charge < -0.3 is 4.90 Å². The second-order valence-electron chi connectivity index (χ2n) is 15.3. The summed E-state index contributed by atoms with van der Waals surface area (Å²) in [5.74, 6) is 0. The van der Waals surface area contributed by atoms with Crippen LogP contribution in [0, 0.1) is 5.41 Å². The highest BCUT2D eigenvalue weighted by molar-refractivity contribution is 14.1. The number of para-hydroxylation sites is 1. The maximum absolute atomic E-state index is 8.43. The Labute approximate surface area is 363 Å². The zero-order valence-corrected chi connectivity index (χ0v) is 34.8. The molecule has 2 nitrogen and oxygen atoms in total. The van der Waals surface area contributed by atoms with Crippen molar-refractivity contribution in [2.45, 2.75) is 0 Å². The van der Waals surface area contributed by atoms with Crippen LogP contribution in [0.1, 0.15) is 5.56 Å². The molecule has 0 saturated heterocycles. The molecule has 10 aromatic rings. The third kappa shape index (κ3) is 5.96. The first kappa shape index (κ1) is 36.0. The van der Waals surface area contributed by atoms with E-state index in [9.17, 15) is 0 Å². The second-order valence-corrected chi connectivity index (χ2v) is 16.4. The molecular formula is C57H37IN2. The Morgan fingerprint density at radius 2 is 0.800 bits per heavy atom. The van der Waals surface area contributed by atoms with Gasteiger partial charge in [-0.1, -0.05) is 182 Å².